The standard InChI is InChI=1S/C16H23NO2.C9H11N5/c1-18-14-8-9-17(11-14)13-7-6-12-4-3-5-16(19-2)15(12)10-13;1-2-4-14(3-1)9-7-8(11-5-10-7)12-6-13-9/h3-5,13-14H,6-11H2,1-2H3;5-6H,1-4H2,(H,10,11,12,13). The van der Waals surface area contributed by atoms with Gasteiger partial charge in [0.1, 0.15) is 17.6 Å². The molecule has 176 valence electrons. The van der Waals surface area contributed by atoms with Crippen LogP contribution in [0.5, 0.6) is 5.75 Å². The van der Waals surface area contributed by atoms with Crippen LogP contribution < -0.4 is 9.64 Å². The van der Waals surface area contributed by atoms with Gasteiger partial charge in [0.2, 0.25) is 0 Å². The first-order valence-electron chi connectivity index (χ1n) is 12.1. The quantitative estimate of drug-likeness (QED) is 0.654. The van der Waals surface area contributed by atoms with Crippen LogP contribution in [0.1, 0.15) is 36.8 Å². The highest BCUT2D eigenvalue weighted by molar-refractivity contribution is 5.82. The fourth-order valence-corrected chi connectivity index (χ4v) is 5.44. The van der Waals surface area contributed by atoms with E-state index in [-0.39, 0.29) is 0 Å². The second-order valence-electron chi connectivity index (χ2n) is 9.13. The number of anilines is 1. The lowest BCUT2D eigenvalue weighted by molar-refractivity contribution is 0.0988. The van der Waals surface area contributed by atoms with Crippen LogP contribution in [-0.2, 0) is 17.6 Å². The molecule has 1 aromatic carbocycles. The van der Waals surface area contributed by atoms with E-state index in [1.165, 1.54) is 49.8 Å². The second kappa shape index (κ2) is 10.1. The molecule has 4 heterocycles. The summed E-state index contributed by atoms with van der Waals surface area (Å²) in [5.41, 5.74) is 4.59. The van der Waals surface area contributed by atoms with Crippen LogP contribution in [0.15, 0.2) is 30.9 Å². The molecule has 0 amide bonds. The van der Waals surface area contributed by atoms with Gasteiger partial charge in [0.25, 0.3) is 0 Å². The fraction of sp³-hybridized carbons (Fsp3) is 0.560. The number of aromatic amines is 1. The van der Waals surface area contributed by atoms with E-state index in [9.17, 15) is 0 Å². The van der Waals surface area contributed by atoms with Crippen LogP contribution in [0, 0.1) is 0 Å². The Morgan fingerprint density at radius 2 is 1.91 bits per heavy atom. The molecule has 1 N–H and O–H groups in total. The largest absolute Gasteiger partial charge is 0.496 e. The Labute approximate surface area is 195 Å². The van der Waals surface area contributed by atoms with Crippen molar-refractivity contribution in [3.63, 3.8) is 0 Å². The van der Waals surface area contributed by atoms with E-state index in [2.05, 4.69) is 47.9 Å². The summed E-state index contributed by atoms with van der Waals surface area (Å²) in [5.74, 6) is 2.05. The predicted molar refractivity (Wildman–Crippen MR) is 129 cm³/mol. The molecular weight excluding hydrogens is 416 g/mol. The average molecular weight is 451 g/mol. The number of H-pyrrole nitrogens is 1. The summed E-state index contributed by atoms with van der Waals surface area (Å²) in [6.45, 7) is 4.44. The number of likely N-dealkylation sites (tertiary alicyclic amines) is 1. The van der Waals surface area contributed by atoms with Gasteiger partial charge in [-0.3, -0.25) is 4.90 Å². The molecule has 2 atom stereocenters. The SMILES string of the molecule is COc1cccc2c1CC(N1CCC(OC)C1)CC2.c1nc(N2CCCC2)c2[nH]cnc2n1. The lowest BCUT2D eigenvalue weighted by atomic mass is 9.87. The van der Waals surface area contributed by atoms with Crippen LogP contribution >= 0.6 is 0 Å². The van der Waals surface area contributed by atoms with E-state index in [1.807, 2.05) is 7.11 Å². The Bertz CT molecular complexity index is 1050. The predicted octanol–water partition coefficient (Wildman–Crippen LogP) is 3.23. The molecule has 3 aromatic rings. The van der Waals surface area contributed by atoms with Gasteiger partial charge in [-0.15, -0.1) is 0 Å². The smallest absolute Gasteiger partial charge is 0.182 e. The van der Waals surface area contributed by atoms with Crippen molar-refractivity contribution >= 4 is 17.0 Å². The Hall–Kier alpha value is -2.71. The van der Waals surface area contributed by atoms with Crippen LogP contribution in [-0.4, -0.2) is 77.4 Å². The highest BCUT2D eigenvalue weighted by Gasteiger charge is 2.31. The number of methoxy groups -OCH3 is 2. The summed E-state index contributed by atoms with van der Waals surface area (Å²) in [5, 5.41) is 0. The Kier molecular flexibility index (Phi) is 6.73. The third-order valence-corrected chi connectivity index (χ3v) is 7.27. The number of ether oxygens (including phenoxy) is 2. The van der Waals surface area contributed by atoms with Gasteiger partial charge in [0.05, 0.1) is 19.5 Å². The van der Waals surface area contributed by atoms with Crippen molar-refractivity contribution in [1.82, 2.24) is 24.8 Å². The molecule has 2 unspecified atom stereocenters. The maximum Gasteiger partial charge on any atom is 0.182 e. The molecular formula is C25H34N6O2. The van der Waals surface area contributed by atoms with Gasteiger partial charge in [0.15, 0.2) is 11.5 Å². The summed E-state index contributed by atoms with van der Waals surface area (Å²) >= 11 is 0. The number of hydrogen-bond acceptors (Lipinski definition) is 7. The molecule has 0 radical (unpaired) electrons. The number of fused-ring (bicyclic) bond motifs is 2. The summed E-state index contributed by atoms with van der Waals surface area (Å²) in [6, 6.07) is 7.09. The van der Waals surface area contributed by atoms with Crippen molar-refractivity contribution < 1.29 is 9.47 Å². The number of imidazole rings is 1. The molecule has 1 aliphatic carbocycles. The maximum absolute atomic E-state index is 5.52. The summed E-state index contributed by atoms with van der Waals surface area (Å²) in [7, 11) is 3.60. The van der Waals surface area contributed by atoms with Crippen molar-refractivity contribution in [3.8, 4) is 5.75 Å². The van der Waals surface area contributed by atoms with Gasteiger partial charge in [0, 0.05) is 39.3 Å². The highest BCUT2D eigenvalue weighted by atomic mass is 16.5. The molecule has 8 heteroatoms. The average Bonchev–Trinajstić information content (AvgIpc) is 3.64. The molecule has 3 aliphatic rings. The molecule has 6 rings (SSSR count). The summed E-state index contributed by atoms with van der Waals surface area (Å²) < 4.78 is 11.0. The fourth-order valence-electron chi connectivity index (χ4n) is 5.44. The Morgan fingerprint density at radius 3 is 2.70 bits per heavy atom. The van der Waals surface area contributed by atoms with Crippen LogP contribution in [0.2, 0.25) is 0 Å². The number of nitrogens with zero attached hydrogens (tertiary/aromatic N) is 5. The summed E-state index contributed by atoms with van der Waals surface area (Å²) in [6.07, 6.45) is 10.9. The zero-order valence-electron chi connectivity index (χ0n) is 19.7. The minimum atomic E-state index is 0.430. The topological polar surface area (TPSA) is 79.4 Å². The van der Waals surface area contributed by atoms with Gasteiger partial charge in [-0.05, 0) is 55.7 Å². The molecule has 8 nitrogen and oxygen atoms in total. The number of benzene rings is 1. The van der Waals surface area contributed by atoms with Crippen molar-refractivity contribution in [2.24, 2.45) is 0 Å². The van der Waals surface area contributed by atoms with Gasteiger partial charge in [-0.25, -0.2) is 15.0 Å². The molecule has 2 saturated heterocycles. The Morgan fingerprint density at radius 1 is 1.03 bits per heavy atom. The third kappa shape index (κ3) is 4.68. The summed E-state index contributed by atoms with van der Waals surface area (Å²) in [4.78, 5) is 20.5. The van der Waals surface area contributed by atoms with E-state index in [1.54, 1.807) is 19.8 Å². The molecule has 33 heavy (non-hydrogen) atoms. The second-order valence-corrected chi connectivity index (χ2v) is 9.13. The number of nitrogens with one attached hydrogen (secondary N) is 1. The molecule has 0 spiro atoms. The monoisotopic (exact) mass is 450 g/mol. The lowest BCUT2D eigenvalue weighted by Crippen LogP contribution is -2.38. The lowest BCUT2D eigenvalue weighted by Gasteiger charge is -2.33. The first-order valence-corrected chi connectivity index (χ1v) is 12.1. The normalized spacial score (nSPS) is 22.8. The first kappa shape index (κ1) is 22.1. The van der Waals surface area contributed by atoms with E-state index < -0.39 is 0 Å². The van der Waals surface area contributed by atoms with Crippen molar-refractivity contribution in [2.75, 3.05) is 45.3 Å². The van der Waals surface area contributed by atoms with E-state index in [4.69, 9.17) is 9.47 Å². The molecule has 2 aliphatic heterocycles. The van der Waals surface area contributed by atoms with Crippen LogP contribution in [0.25, 0.3) is 11.2 Å². The zero-order valence-corrected chi connectivity index (χ0v) is 19.7. The van der Waals surface area contributed by atoms with E-state index in [0.717, 1.165) is 48.8 Å². The third-order valence-electron chi connectivity index (χ3n) is 7.27. The Balaban J connectivity index is 0.000000144. The number of aromatic nitrogens is 4. The molecule has 0 saturated carbocycles. The van der Waals surface area contributed by atoms with Crippen LogP contribution in [0.4, 0.5) is 5.82 Å². The molecule has 0 bridgehead atoms. The highest BCUT2D eigenvalue weighted by Crippen LogP contribution is 2.32. The minimum Gasteiger partial charge on any atom is -0.496 e. The van der Waals surface area contributed by atoms with Crippen molar-refractivity contribution in [3.05, 3.63) is 42.0 Å². The van der Waals surface area contributed by atoms with Gasteiger partial charge in [-0.1, -0.05) is 12.1 Å². The number of rotatable bonds is 4. The van der Waals surface area contributed by atoms with Gasteiger partial charge < -0.3 is 19.4 Å². The maximum atomic E-state index is 5.52. The minimum absolute atomic E-state index is 0.430. The van der Waals surface area contributed by atoms with Crippen LogP contribution in [0.3, 0.4) is 0 Å². The number of hydrogen-bond donors (Lipinski definition) is 1. The van der Waals surface area contributed by atoms with Gasteiger partial charge in [-0.2, -0.15) is 0 Å². The van der Waals surface area contributed by atoms with E-state index >= 15 is 0 Å². The molecule has 2 aromatic heterocycles. The number of aryl methyl sites for hydroxylation is 1. The van der Waals surface area contributed by atoms with E-state index in [0.29, 0.717) is 12.1 Å². The van der Waals surface area contributed by atoms with Gasteiger partial charge >= 0.3 is 0 Å². The van der Waals surface area contributed by atoms with Crippen molar-refractivity contribution in [2.45, 2.75) is 50.7 Å². The van der Waals surface area contributed by atoms with Crippen molar-refractivity contribution in [1.29, 1.82) is 0 Å². The zero-order chi connectivity index (χ0) is 22.6. The molecule has 2 fully saturated rings. The first-order chi connectivity index (χ1) is 16.3.